The molecule has 3 aromatic carbocycles. The van der Waals surface area contributed by atoms with Gasteiger partial charge >= 0.3 is 6.09 Å². The summed E-state index contributed by atoms with van der Waals surface area (Å²) in [4.78, 5) is 33.8. The Balaban J connectivity index is 1.10. The second-order valence-corrected chi connectivity index (χ2v) is 14.4. The molecule has 3 heterocycles. The predicted molar refractivity (Wildman–Crippen MR) is 206 cm³/mol. The summed E-state index contributed by atoms with van der Waals surface area (Å²) in [6.07, 6.45) is 2.21. The highest BCUT2D eigenvalue weighted by Gasteiger charge is 2.40. The summed E-state index contributed by atoms with van der Waals surface area (Å²) < 4.78 is 43.5. The van der Waals surface area contributed by atoms with Crippen LogP contribution in [0.15, 0.2) is 66.7 Å². The van der Waals surface area contributed by atoms with Gasteiger partial charge in [0, 0.05) is 44.8 Å². The van der Waals surface area contributed by atoms with Gasteiger partial charge in [-0.3, -0.25) is 0 Å². The summed E-state index contributed by atoms with van der Waals surface area (Å²) in [7, 11) is 1.70. The highest BCUT2D eigenvalue weighted by atomic mass is 19.1. The summed E-state index contributed by atoms with van der Waals surface area (Å²) in [5, 5.41) is 21.1. The van der Waals surface area contributed by atoms with Crippen LogP contribution < -0.4 is 19.3 Å². The fourth-order valence-corrected chi connectivity index (χ4v) is 7.62. The Morgan fingerprint density at radius 1 is 0.964 bits per heavy atom. The molecule has 56 heavy (non-hydrogen) atoms. The molecule has 0 aliphatic carbocycles. The number of nitrogens with zero attached hydrogens (tertiary/aromatic N) is 4. The third-order valence-corrected chi connectivity index (χ3v) is 10.5. The lowest BCUT2D eigenvalue weighted by Gasteiger charge is -2.41. The van der Waals surface area contributed by atoms with Crippen LogP contribution in [0.25, 0.3) is 0 Å². The number of fused-ring (bicyclic) bond motifs is 1. The van der Waals surface area contributed by atoms with Crippen molar-refractivity contribution < 1.29 is 47.9 Å². The van der Waals surface area contributed by atoms with Gasteiger partial charge in [0.1, 0.15) is 30.0 Å². The zero-order chi connectivity index (χ0) is 39.3. The molecule has 0 spiro atoms. The molecule has 0 aromatic heterocycles. The fourth-order valence-electron chi connectivity index (χ4n) is 7.62. The fraction of sp³-hybridized carbons (Fsp3) is 0.537. The maximum Gasteiger partial charge on any atom is 0.409 e. The molecule has 6 rings (SSSR count). The molecule has 2 fully saturated rings. The van der Waals surface area contributed by atoms with Crippen LogP contribution in [-0.2, 0) is 25.7 Å². The van der Waals surface area contributed by atoms with E-state index in [9.17, 15) is 24.4 Å². The molecule has 1 N–H and O–H groups in total. The number of aliphatic hydroxyl groups excluding tert-OH is 1. The minimum absolute atomic E-state index is 0.0416. The monoisotopic (exact) mass is 780 g/mol. The molecule has 0 radical (unpaired) electrons. The molecular formula is C41H53FN4O10. The maximum absolute atomic E-state index is 13.8. The lowest BCUT2D eigenvalue weighted by atomic mass is 9.84. The number of piperidine rings is 1. The normalized spacial score (nSPS) is 20.7. The average Bonchev–Trinajstić information content (AvgIpc) is 3.67. The molecule has 304 valence electrons. The number of β-amino-alcohol motifs (C(OH)–C–C–N with tert-alkyl or cyclic N) is 1. The lowest BCUT2D eigenvalue weighted by molar-refractivity contribution is -0.757. The van der Waals surface area contributed by atoms with E-state index < -0.39 is 29.3 Å². The summed E-state index contributed by atoms with van der Waals surface area (Å²) in [6.45, 7) is 5.08. The number of anilines is 2. The van der Waals surface area contributed by atoms with Gasteiger partial charge in [0.25, 0.3) is 5.09 Å². The molecule has 15 heteroatoms. The quantitative estimate of drug-likeness (QED) is 0.0870. The van der Waals surface area contributed by atoms with E-state index in [-0.39, 0.29) is 44.8 Å². The molecule has 3 aliphatic heterocycles. The molecule has 0 bridgehead atoms. The first-order valence-corrected chi connectivity index (χ1v) is 19.5. The molecule has 3 aromatic rings. The largest absolute Gasteiger partial charge is 0.490 e. The topological polar surface area (TPSA) is 146 Å². The van der Waals surface area contributed by atoms with Gasteiger partial charge in [-0.2, -0.15) is 0 Å². The van der Waals surface area contributed by atoms with Crippen molar-refractivity contribution in [3.05, 3.63) is 93.8 Å². The second-order valence-electron chi connectivity index (χ2n) is 14.4. The van der Waals surface area contributed by atoms with Gasteiger partial charge in [0.2, 0.25) is 0 Å². The lowest BCUT2D eigenvalue weighted by Crippen LogP contribution is -2.53. The Bertz CT molecular complexity index is 1720. The van der Waals surface area contributed by atoms with E-state index in [1.165, 1.54) is 17.0 Å². The van der Waals surface area contributed by atoms with E-state index in [1.54, 1.807) is 13.2 Å². The minimum Gasteiger partial charge on any atom is -0.490 e. The Hall–Kier alpha value is -4.86. The highest BCUT2D eigenvalue weighted by Crippen LogP contribution is 2.36. The smallest absolute Gasteiger partial charge is 0.409 e. The van der Waals surface area contributed by atoms with Crippen molar-refractivity contribution in [2.24, 2.45) is 0 Å². The van der Waals surface area contributed by atoms with Gasteiger partial charge < -0.3 is 48.3 Å². The number of aliphatic hydroxyl groups is 1. The Kier molecular flexibility index (Phi) is 14.8. The predicted octanol–water partition coefficient (Wildman–Crippen LogP) is 5.97. The molecular weight excluding hydrogens is 727 g/mol. The summed E-state index contributed by atoms with van der Waals surface area (Å²) >= 11 is 0. The highest BCUT2D eigenvalue weighted by molar-refractivity contribution is 5.68. The second kappa shape index (κ2) is 20.3. The van der Waals surface area contributed by atoms with Crippen LogP contribution in [0.5, 0.6) is 11.5 Å². The summed E-state index contributed by atoms with van der Waals surface area (Å²) in [5.74, 6) is 0.823. The first-order valence-electron chi connectivity index (χ1n) is 19.5. The van der Waals surface area contributed by atoms with Gasteiger partial charge in [0.15, 0.2) is 0 Å². The first kappa shape index (κ1) is 40.8. The number of amides is 1. The summed E-state index contributed by atoms with van der Waals surface area (Å²) in [5.41, 5.74) is 3.64. The minimum atomic E-state index is -0.933. The van der Waals surface area contributed by atoms with Crippen LogP contribution in [0, 0.1) is 15.9 Å². The van der Waals surface area contributed by atoms with Crippen LogP contribution in [0.4, 0.5) is 20.6 Å². The number of ether oxygens (including phenoxy) is 5. The third-order valence-electron chi connectivity index (χ3n) is 10.5. The van der Waals surface area contributed by atoms with E-state index in [0.29, 0.717) is 44.8 Å². The molecule has 2 saturated heterocycles. The van der Waals surface area contributed by atoms with Gasteiger partial charge in [0.05, 0.1) is 63.9 Å². The standard InChI is InChI=1S/C41H53FN4O10/c1-51-20-7-17-43-19-23-52-38-15-10-30(24-36(38)43)29-54-39-28-45(41(48)53-21-4-2-3-5-22-55-46(49)50)27-37(47)40(39)31-11-13-34(14-12-31)56-35-16-18-44(26-35)33-9-6-8-32(42)25-33/h6,8-15,24-25,35,37,39-40,47H,2-5,7,16-23,26-29H2,1H3. The van der Waals surface area contributed by atoms with Crippen molar-refractivity contribution in [2.45, 2.75) is 69.4 Å². The third kappa shape index (κ3) is 11.4. The van der Waals surface area contributed by atoms with E-state index >= 15 is 0 Å². The first-order chi connectivity index (χ1) is 27.3. The maximum atomic E-state index is 13.8. The van der Waals surface area contributed by atoms with Crippen LogP contribution >= 0.6 is 0 Å². The van der Waals surface area contributed by atoms with Gasteiger partial charge in [-0.15, -0.1) is 10.1 Å². The van der Waals surface area contributed by atoms with Crippen LogP contribution in [0.1, 0.15) is 55.6 Å². The van der Waals surface area contributed by atoms with E-state index in [2.05, 4.69) is 20.7 Å². The van der Waals surface area contributed by atoms with Crippen LogP contribution in [0.2, 0.25) is 0 Å². The van der Waals surface area contributed by atoms with Crippen molar-refractivity contribution in [2.75, 3.05) is 82.6 Å². The number of likely N-dealkylation sites (tertiary alicyclic amines) is 1. The number of methoxy groups -OCH3 is 1. The van der Waals surface area contributed by atoms with E-state index in [4.69, 9.17) is 23.7 Å². The summed E-state index contributed by atoms with van der Waals surface area (Å²) in [6, 6.07) is 20.3. The van der Waals surface area contributed by atoms with Crippen LogP contribution in [0.3, 0.4) is 0 Å². The number of hydrogen-bond acceptors (Lipinski definition) is 12. The number of rotatable bonds is 19. The van der Waals surface area contributed by atoms with Gasteiger partial charge in [-0.1, -0.05) is 30.7 Å². The average molecular weight is 781 g/mol. The molecule has 14 nitrogen and oxygen atoms in total. The number of benzene rings is 3. The number of unbranched alkanes of at least 4 members (excludes halogenated alkanes) is 3. The zero-order valence-electron chi connectivity index (χ0n) is 32.0. The number of carbonyl (C=O) groups excluding carboxylic acids is 1. The molecule has 0 saturated carbocycles. The Morgan fingerprint density at radius 3 is 2.57 bits per heavy atom. The Morgan fingerprint density at radius 2 is 1.79 bits per heavy atom. The van der Waals surface area contributed by atoms with Gasteiger partial charge in [-0.25, -0.2) is 9.18 Å². The van der Waals surface area contributed by atoms with Crippen molar-refractivity contribution in [1.29, 1.82) is 0 Å². The number of halogens is 1. The molecule has 3 aliphatic rings. The molecule has 1 amide bonds. The van der Waals surface area contributed by atoms with Crippen molar-refractivity contribution in [1.82, 2.24) is 4.90 Å². The van der Waals surface area contributed by atoms with E-state index in [0.717, 1.165) is 67.1 Å². The molecule has 4 atom stereocenters. The Labute approximate surface area is 327 Å². The van der Waals surface area contributed by atoms with Crippen molar-refractivity contribution in [3.63, 3.8) is 0 Å². The molecule has 4 unspecified atom stereocenters. The zero-order valence-corrected chi connectivity index (χ0v) is 32.0. The van der Waals surface area contributed by atoms with Crippen molar-refractivity contribution in [3.8, 4) is 11.5 Å². The van der Waals surface area contributed by atoms with Gasteiger partial charge in [-0.05, 0) is 79.3 Å². The SMILES string of the molecule is COCCCN1CCOc2ccc(COC3CN(C(=O)OCCCCCCO[N+](=O)[O-])CC(O)C3c3ccc(OC4CCN(c5cccc(F)c5)C4)cc3)cc21. The van der Waals surface area contributed by atoms with E-state index in [1.807, 2.05) is 42.5 Å². The van der Waals surface area contributed by atoms with Crippen molar-refractivity contribution >= 4 is 17.5 Å². The number of carbonyl (C=O) groups is 1. The van der Waals surface area contributed by atoms with Crippen LogP contribution in [-0.4, -0.2) is 112 Å². The number of hydrogen-bond donors (Lipinski definition) is 1.